The number of anilines is 1. The van der Waals surface area contributed by atoms with Crippen molar-refractivity contribution in [2.24, 2.45) is 5.41 Å². The molecule has 2 atom stereocenters. The summed E-state index contributed by atoms with van der Waals surface area (Å²) in [7, 11) is 0. The summed E-state index contributed by atoms with van der Waals surface area (Å²) in [5.74, 6) is 0.847. The molecule has 0 amide bonds. The van der Waals surface area contributed by atoms with Gasteiger partial charge in [0.1, 0.15) is 23.6 Å². The van der Waals surface area contributed by atoms with E-state index < -0.39 is 18.3 Å². The molecule has 1 unspecified atom stereocenters. The topological polar surface area (TPSA) is 93.4 Å². The van der Waals surface area contributed by atoms with Crippen LogP contribution >= 0.6 is 23.4 Å². The smallest absolute Gasteiger partial charge is 0.262 e. The maximum absolute atomic E-state index is 12.9. The Morgan fingerprint density at radius 3 is 2.74 bits per heavy atom. The largest absolute Gasteiger partial charge is 0.389 e. The summed E-state index contributed by atoms with van der Waals surface area (Å²) < 4.78 is 19.7. The number of hydrogen-bond donors (Lipinski definition) is 1. The number of benzene rings is 1. The Kier molecular flexibility index (Phi) is 6.98. The van der Waals surface area contributed by atoms with Gasteiger partial charge in [0, 0.05) is 18.0 Å². The molecule has 1 aromatic carbocycles. The normalized spacial score (nSPS) is 20.6. The van der Waals surface area contributed by atoms with E-state index in [0.717, 1.165) is 44.8 Å². The summed E-state index contributed by atoms with van der Waals surface area (Å²) in [5.41, 5.74) is 0.312. The minimum atomic E-state index is -1.28. The maximum Gasteiger partial charge on any atom is 0.262 e. The summed E-state index contributed by atoms with van der Waals surface area (Å²) in [4.78, 5) is 29.2. The minimum Gasteiger partial charge on any atom is -0.389 e. The Labute approximate surface area is 211 Å². The molecule has 1 spiro atoms. The number of nitrogens with zero attached hydrogens (tertiary/aromatic N) is 5. The van der Waals surface area contributed by atoms with E-state index in [9.17, 15) is 14.3 Å². The number of hydrogen-bond acceptors (Lipinski definition) is 8. The lowest BCUT2D eigenvalue weighted by Gasteiger charge is -2.38. The van der Waals surface area contributed by atoms with Gasteiger partial charge in [-0.3, -0.25) is 9.36 Å². The molecule has 5 rings (SSSR count). The summed E-state index contributed by atoms with van der Waals surface area (Å²) in [6.45, 7) is 3.73. The molecule has 0 radical (unpaired) electrons. The first-order valence-corrected chi connectivity index (χ1v) is 12.8. The molecule has 35 heavy (non-hydrogen) atoms. The molecule has 2 aromatic heterocycles. The molecule has 2 aliphatic rings. The Balaban J connectivity index is 1.31. The first-order valence-electron chi connectivity index (χ1n) is 11.7. The summed E-state index contributed by atoms with van der Waals surface area (Å²) in [6, 6.07) is 3.49. The van der Waals surface area contributed by atoms with Gasteiger partial charge in [0.15, 0.2) is 0 Å². The van der Waals surface area contributed by atoms with Crippen LogP contribution in [0.1, 0.15) is 26.2 Å². The van der Waals surface area contributed by atoms with Crippen LogP contribution in [0.15, 0.2) is 45.6 Å². The molecule has 0 bridgehead atoms. The number of piperidine rings is 1. The Hall–Kier alpha value is -2.27. The van der Waals surface area contributed by atoms with Crippen molar-refractivity contribution in [1.29, 1.82) is 0 Å². The van der Waals surface area contributed by atoms with E-state index >= 15 is 0 Å². The standard InChI is InChI=1S/C24H27ClFN5O3S/c1-15-8-24(13-34-15)4-6-30(7-5-24)19-10-28-20(11-27-19)35-18-3-2-17-21(22(18)25)23(33)31(14-29-17)12-16(32)9-26/h2-3,10-11,14-16,32H,4-9,12-13H2,1H3/t15-,16?/m0/s1. The molecule has 11 heteroatoms. The van der Waals surface area contributed by atoms with Crippen molar-refractivity contribution in [3.63, 3.8) is 0 Å². The van der Waals surface area contributed by atoms with Gasteiger partial charge < -0.3 is 14.7 Å². The number of aliphatic hydroxyl groups excluding tert-OH is 1. The van der Waals surface area contributed by atoms with Gasteiger partial charge in [-0.05, 0) is 43.7 Å². The molecule has 4 heterocycles. The van der Waals surface area contributed by atoms with Crippen molar-refractivity contribution in [2.45, 2.75) is 54.9 Å². The van der Waals surface area contributed by atoms with Gasteiger partial charge >= 0.3 is 0 Å². The molecule has 2 saturated heterocycles. The zero-order chi connectivity index (χ0) is 24.6. The number of fused-ring (bicyclic) bond motifs is 1. The zero-order valence-electron chi connectivity index (χ0n) is 19.4. The fraction of sp³-hybridized carbons (Fsp3) is 0.500. The fourth-order valence-corrected chi connectivity index (χ4v) is 6.03. The van der Waals surface area contributed by atoms with Crippen molar-refractivity contribution < 1.29 is 14.2 Å². The molecule has 8 nitrogen and oxygen atoms in total. The lowest BCUT2D eigenvalue weighted by Crippen LogP contribution is -2.41. The molecular formula is C24H27ClFN5O3S. The van der Waals surface area contributed by atoms with E-state index in [0.29, 0.717) is 27.0 Å². The van der Waals surface area contributed by atoms with Crippen LogP contribution < -0.4 is 10.5 Å². The molecule has 2 aliphatic heterocycles. The lowest BCUT2D eigenvalue weighted by molar-refractivity contribution is 0.0976. The highest BCUT2D eigenvalue weighted by atomic mass is 35.5. The third-order valence-electron chi connectivity index (χ3n) is 6.85. The summed E-state index contributed by atoms with van der Waals surface area (Å²) in [5, 5.41) is 10.7. The second-order valence-corrected chi connectivity index (χ2v) is 10.8. The van der Waals surface area contributed by atoms with Crippen molar-refractivity contribution in [3.8, 4) is 0 Å². The number of alkyl halides is 1. The average molecular weight is 520 g/mol. The third-order valence-corrected chi connectivity index (χ3v) is 8.34. The second kappa shape index (κ2) is 10.0. The van der Waals surface area contributed by atoms with E-state index in [4.69, 9.17) is 16.3 Å². The maximum atomic E-state index is 12.9. The van der Waals surface area contributed by atoms with E-state index in [1.165, 1.54) is 22.7 Å². The Bertz CT molecular complexity index is 1270. The SMILES string of the molecule is C[C@H]1CC2(CCN(c3cnc(Sc4ccc5ncn(CC(O)CF)c(=O)c5c4Cl)cn3)CC2)CO1. The predicted molar refractivity (Wildman–Crippen MR) is 133 cm³/mol. The first-order chi connectivity index (χ1) is 16.9. The zero-order valence-corrected chi connectivity index (χ0v) is 20.9. The third kappa shape index (κ3) is 5.02. The number of ether oxygens (including phenoxy) is 1. The Morgan fingerprint density at radius 2 is 2.09 bits per heavy atom. The number of halogens is 2. The minimum absolute atomic E-state index is 0.192. The number of aliphatic hydroxyl groups is 1. The molecule has 1 N–H and O–H groups in total. The highest BCUT2D eigenvalue weighted by Gasteiger charge is 2.41. The molecular weight excluding hydrogens is 493 g/mol. The van der Waals surface area contributed by atoms with Crippen LogP contribution in [-0.4, -0.2) is 63.2 Å². The van der Waals surface area contributed by atoms with Crippen LogP contribution in [0.25, 0.3) is 10.9 Å². The van der Waals surface area contributed by atoms with E-state index in [2.05, 4.69) is 26.8 Å². The van der Waals surface area contributed by atoms with E-state index in [-0.39, 0.29) is 17.0 Å². The molecule has 0 saturated carbocycles. The summed E-state index contributed by atoms with van der Waals surface area (Å²) >= 11 is 7.89. The van der Waals surface area contributed by atoms with Crippen LogP contribution in [-0.2, 0) is 11.3 Å². The van der Waals surface area contributed by atoms with Gasteiger partial charge in [0.25, 0.3) is 5.56 Å². The lowest BCUT2D eigenvalue weighted by atomic mass is 9.77. The van der Waals surface area contributed by atoms with E-state index in [1.807, 2.05) is 0 Å². The van der Waals surface area contributed by atoms with Crippen LogP contribution in [0, 0.1) is 5.41 Å². The van der Waals surface area contributed by atoms with Gasteiger partial charge in [0.05, 0.1) is 53.9 Å². The van der Waals surface area contributed by atoms with Crippen LogP contribution in [0.2, 0.25) is 5.02 Å². The van der Waals surface area contributed by atoms with Crippen LogP contribution in [0.4, 0.5) is 10.2 Å². The van der Waals surface area contributed by atoms with Gasteiger partial charge in [-0.15, -0.1) is 0 Å². The number of aromatic nitrogens is 4. The van der Waals surface area contributed by atoms with Crippen LogP contribution in [0.5, 0.6) is 0 Å². The Morgan fingerprint density at radius 1 is 1.29 bits per heavy atom. The van der Waals surface area contributed by atoms with Crippen molar-refractivity contribution >= 4 is 40.1 Å². The second-order valence-electron chi connectivity index (χ2n) is 9.41. The molecule has 0 aliphatic carbocycles. The highest BCUT2D eigenvalue weighted by molar-refractivity contribution is 7.99. The first kappa shape index (κ1) is 24.4. The summed E-state index contributed by atoms with van der Waals surface area (Å²) in [6.07, 6.45) is 7.16. The fourth-order valence-electron chi connectivity index (χ4n) is 4.91. The van der Waals surface area contributed by atoms with Gasteiger partial charge in [-0.1, -0.05) is 23.4 Å². The van der Waals surface area contributed by atoms with Crippen LogP contribution in [0.3, 0.4) is 0 Å². The van der Waals surface area contributed by atoms with Gasteiger partial charge in [0.2, 0.25) is 0 Å². The van der Waals surface area contributed by atoms with E-state index in [1.54, 1.807) is 24.5 Å². The van der Waals surface area contributed by atoms with Gasteiger partial charge in [-0.2, -0.15) is 0 Å². The predicted octanol–water partition coefficient (Wildman–Crippen LogP) is 3.72. The molecule has 3 aromatic rings. The number of rotatable bonds is 6. The highest BCUT2D eigenvalue weighted by Crippen LogP contribution is 2.42. The molecule has 186 valence electrons. The van der Waals surface area contributed by atoms with Crippen molar-refractivity contribution in [2.75, 3.05) is 31.3 Å². The van der Waals surface area contributed by atoms with Gasteiger partial charge in [-0.25, -0.2) is 19.3 Å². The molecule has 2 fully saturated rings. The monoisotopic (exact) mass is 519 g/mol. The van der Waals surface area contributed by atoms with Crippen molar-refractivity contribution in [3.05, 3.63) is 46.2 Å². The van der Waals surface area contributed by atoms with Crippen molar-refractivity contribution in [1.82, 2.24) is 19.5 Å². The quantitative estimate of drug-likeness (QED) is 0.527. The average Bonchev–Trinajstić information content (AvgIpc) is 3.23.